The lowest BCUT2D eigenvalue weighted by Gasteiger charge is -2.10. The number of fused-ring (bicyclic) bond motifs is 1. The second-order valence-electron chi connectivity index (χ2n) is 4.14. The lowest BCUT2D eigenvalue weighted by Crippen LogP contribution is -1.93. The topological polar surface area (TPSA) is 12.0 Å². The molecule has 1 heterocycles. The summed E-state index contributed by atoms with van der Waals surface area (Å²) < 4.78 is 0. The summed E-state index contributed by atoms with van der Waals surface area (Å²) in [4.78, 5) is 0. The van der Waals surface area contributed by atoms with Gasteiger partial charge in [0.25, 0.3) is 0 Å². The summed E-state index contributed by atoms with van der Waals surface area (Å²) in [6.07, 6.45) is 1.08. The van der Waals surface area contributed by atoms with E-state index in [9.17, 15) is 0 Å². The average molecular weight is 264 g/mol. The summed E-state index contributed by atoms with van der Waals surface area (Å²) >= 11 is 12.2. The van der Waals surface area contributed by atoms with E-state index in [-0.39, 0.29) is 0 Å². The predicted octanol–water partition coefficient (Wildman–Crippen LogP) is 4.63. The van der Waals surface area contributed by atoms with Gasteiger partial charge in [0.15, 0.2) is 0 Å². The van der Waals surface area contributed by atoms with Crippen LogP contribution in [0.25, 0.3) is 11.1 Å². The fourth-order valence-corrected chi connectivity index (χ4v) is 2.78. The molecule has 0 aliphatic carbocycles. The second-order valence-corrected chi connectivity index (χ2v) is 4.98. The van der Waals surface area contributed by atoms with Gasteiger partial charge in [0.1, 0.15) is 0 Å². The minimum absolute atomic E-state index is 0.666. The van der Waals surface area contributed by atoms with Crippen molar-refractivity contribution in [2.45, 2.75) is 6.42 Å². The van der Waals surface area contributed by atoms with Crippen molar-refractivity contribution in [3.63, 3.8) is 0 Å². The predicted molar refractivity (Wildman–Crippen MR) is 74.1 cm³/mol. The highest BCUT2D eigenvalue weighted by Gasteiger charge is 2.16. The summed E-state index contributed by atoms with van der Waals surface area (Å²) in [5, 5.41) is 4.78. The van der Waals surface area contributed by atoms with Crippen molar-refractivity contribution in [1.82, 2.24) is 0 Å². The van der Waals surface area contributed by atoms with E-state index in [0.717, 1.165) is 24.1 Å². The van der Waals surface area contributed by atoms with Crippen molar-refractivity contribution in [3.05, 3.63) is 52.0 Å². The third-order valence-electron chi connectivity index (χ3n) is 3.07. The zero-order valence-electron chi connectivity index (χ0n) is 9.13. The fourth-order valence-electron chi connectivity index (χ4n) is 2.27. The molecule has 1 nitrogen and oxygen atoms in total. The molecular weight excluding hydrogens is 253 g/mol. The molecule has 0 radical (unpaired) electrons. The first-order chi connectivity index (χ1) is 8.25. The van der Waals surface area contributed by atoms with E-state index >= 15 is 0 Å². The van der Waals surface area contributed by atoms with E-state index in [2.05, 4.69) is 23.5 Å². The molecule has 0 amide bonds. The second kappa shape index (κ2) is 4.25. The van der Waals surface area contributed by atoms with Crippen LogP contribution in [0.3, 0.4) is 0 Å². The van der Waals surface area contributed by atoms with Crippen molar-refractivity contribution in [1.29, 1.82) is 0 Å². The van der Waals surface area contributed by atoms with Crippen LogP contribution in [-0.2, 0) is 6.42 Å². The van der Waals surface area contributed by atoms with Crippen molar-refractivity contribution in [2.24, 2.45) is 0 Å². The molecule has 0 atom stereocenters. The van der Waals surface area contributed by atoms with Crippen LogP contribution >= 0.6 is 23.2 Å². The molecule has 3 heteroatoms. The summed E-state index contributed by atoms with van der Waals surface area (Å²) in [6, 6.07) is 11.9. The van der Waals surface area contributed by atoms with E-state index in [1.807, 2.05) is 12.1 Å². The number of para-hydroxylation sites is 1. The Morgan fingerprint density at radius 3 is 2.71 bits per heavy atom. The normalized spacial score (nSPS) is 13.3. The molecule has 2 aromatic rings. The first kappa shape index (κ1) is 10.9. The third-order valence-corrected chi connectivity index (χ3v) is 3.62. The number of benzene rings is 2. The van der Waals surface area contributed by atoms with E-state index < -0.39 is 0 Å². The smallest absolute Gasteiger partial charge is 0.0499 e. The molecule has 0 bridgehead atoms. The highest BCUT2D eigenvalue weighted by atomic mass is 35.5. The molecule has 0 saturated heterocycles. The summed E-state index contributed by atoms with van der Waals surface area (Å²) in [7, 11) is 0. The first-order valence-electron chi connectivity index (χ1n) is 5.57. The lowest BCUT2D eigenvalue weighted by atomic mass is 10.0. The van der Waals surface area contributed by atoms with Crippen LogP contribution in [0.15, 0.2) is 36.4 Å². The molecule has 1 N–H and O–H groups in total. The van der Waals surface area contributed by atoms with Crippen LogP contribution in [0.1, 0.15) is 5.56 Å². The molecule has 0 fully saturated rings. The molecule has 3 rings (SSSR count). The lowest BCUT2D eigenvalue weighted by molar-refractivity contribution is 1.11. The number of hydrogen-bond donors (Lipinski definition) is 1. The summed E-state index contributed by atoms with van der Waals surface area (Å²) in [5.41, 5.74) is 4.74. The van der Waals surface area contributed by atoms with Crippen LogP contribution < -0.4 is 5.32 Å². The van der Waals surface area contributed by atoms with Crippen LogP contribution in [-0.4, -0.2) is 6.54 Å². The van der Waals surface area contributed by atoms with Crippen molar-refractivity contribution in [3.8, 4) is 11.1 Å². The highest BCUT2D eigenvalue weighted by Crippen LogP contribution is 2.38. The Bertz CT molecular complexity index is 578. The van der Waals surface area contributed by atoms with Gasteiger partial charge in [-0.25, -0.2) is 0 Å². The van der Waals surface area contributed by atoms with Gasteiger partial charge >= 0.3 is 0 Å². The highest BCUT2D eigenvalue weighted by molar-refractivity contribution is 6.36. The van der Waals surface area contributed by atoms with Crippen molar-refractivity contribution >= 4 is 28.9 Å². The summed E-state index contributed by atoms with van der Waals surface area (Å²) in [6.45, 7) is 0.998. The third kappa shape index (κ3) is 1.90. The fraction of sp³-hybridized carbons (Fsp3) is 0.143. The van der Waals surface area contributed by atoms with Crippen molar-refractivity contribution in [2.75, 3.05) is 11.9 Å². The van der Waals surface area contributed by atoms with E-state index in [4.69, 9.17) is 23.2 Å². The number of rotatable bonds is 1. The molecule has 0 spiro atoms. The SMILES string of the molecule is Clc1ccc(-c2cccc3c2NCC3)c(Cl)c1. The Morgan fingerprint density at radius 2 is 1.88 bits per heavy atom. The Labute approximate surface area is 110 Å². The molecule has 0 aromatic heterocycles. The van der Waals surface area contributed by atoms with Gasteiger partial charge < -0.3 is 5.32 Å². The van der Waals surface area contributed by atoms with Gasteiger partial charge in [0.05, 0.1) is 0 Å². The van der Waals surface area contributed by atoms with Crippen LogP contribution in [0.5, 0.6) is 0 Å². The van der Waals surface area contributed by atoms with E-state index in [1.54, 1.807) is 6.07 Å². The summed E-state index contributed by atoms with van der Waals surface area (Å²) in [5.74, 6) is 0. The van der Waals surface area contributed by atoms with E-state index in [0.29, 0.717) is 10.0 Å². The average Bonchev–Trinajstić information content (AvgIpc) is 2.77. The quantitative estimate of drug-likeness (QED) is 0.791. The molecule has 17 heavy (non-hydrogen) atoms. The standard InChI is InChI=1S/C14H11Cl2N/c15-10-4-5-11(13(16)8-10)12-3-1-2-9-6-7-17-14(9)12/h1-5,8,17H,6-7H2. The monoisotopic (exact) mass is 263 g/mol. The van der Waals surface area contributed by atoms with Crippen LogP contribution in [0, 0.1) is 0 Å². The van der Waals surface area contributed by atoms with Crippen LogP contribution in [0.4, 0.5) is 5.69 Å². The van der Waals surface area contributed by atoms with Crippen LogP contribution in [0.2, 0.25) is 10.0 Å². The minimum Gasteiger partial charge on any atom is -0.384 e. The van der Waals surface area contributed by atoms with Gasteiger partial charge in [-0.15, -0.1) is 0 Å². The largest absolute Gasteiger partial charge is 0.384 e. The van der Waals surface area contributed by atoms with Gasteiger partial charge in [-0.1, -0.05) is 47.5 Å². The number of halogens is 2. The maximum atomic E-state index is 6.25. The van der Waals surface area contributed by atoms with Crippen molar-refractivity contribution < 1.29 is 0 Å². The van der Waals surface area contributed by atoms with Gasteiger partial charge in [0, 0.05) is 33.4 Å². The van der Waals surface area contributed by atoms with Gasteiger partial charge in [-0.05, 0) is 24.1 Å². The molecular formula is C14H11Cl2N. The molecule has 1 aliphatic rings. The zero-order chi connectivity index (χ0) is 11.8. The Kier molecular flexibility index (Phi) is 2.73. The molecule has 0 saturated carbocycles. The number of nitrogens with one attached hydrogen (secondary N) is 1. The Balaban J connectivity index is 2.19. The maximum absolute atomic E-state index is 6.25. The molecule has 86 valence electrons. The Morgan fingerprint density at radius 1 is 1.00 bits per heavy atom. The van der Waals surface area contributed by atoms with Gasteiger partial charge in [0.2, 0.25) is 0 Å². The number of anilines is 1. The minimum atomic E-state index is 0.666. The Hall–Kier alpha value is -1.18. The van der Waals surface area contributed by atoms with Gasteiger partial charge in [-0.3, -0.25) is 0 Å². The zero-order valence-corrected chi connectivity index (χ0v) is 10.6. The number of hydrogen-bond acceptors (Lipinski definition) is 1. The van der Waals surface area contributed by atoms with Gasteiger partial charge in [-0.2, -0.15) is 0 Å². The van der Waals surface area contributed by atoms with E-state index in [1.165, 1.54) is 11.3 Å². The molecule has 1 aliphatic heterocycles. The molecule has 0 unspecified atom stereocenters. The first-order valence-corrected chi connectivity index (χ1v) is 6.32. The maximum Gasteiger partial charge on any atom is 0.0499 e. The molecule has 2 aromatic carbocycles.